The van der Waals surface area contributed by atoms with Crippen LogP contribution in [0.1, 0.15) is 0 Å². The van der Waals surface area contributed by atoms with Crippen molar-refractivity contribution in [3.8, 4) is 45.3 Å². The van der Waals surface area contributed by atoms with Gasteiger partial charge in [-0.1, -0.05) is 100 Å². The SMILES string of the molecule is Cn1ccnc1.Cn1ccnc1.Oc1ccc2cc(Br)cc(-c3cc(Br)cc4ccc(O)cc34)c2c1.Oc1ccc2cc(Br)ccc2c1-c1c(O)ccc2cc(Br)ccc12.[Zr]. The van der Waals surface area contributed by atoms with Crippen LogP contribution in [0.3, 0.4) is 0 Å². The number of imidazole rings is 2. The minimum atomic E-state index is 0. The van der Waals surface area contributed by atoms with E-state index >= 15 is 0 Å². The van der Waals surface area contributed by atoms with Gasteiger partial charge in [0.2, 0.25) is 0 Å². The van der Waals surface area contributed by atoms with Crippen LogP contribution in [0, 0.1) is 0 Å². The topological polar surface area (TPSA) is 117 Å². The minimum absolute atomic E-state index is 0. The van der Waals surface area contributed by atoms with E-state index < -0.39 is 0 Å². The van der Waals surface area contributed by atoms with Gasteiger partial charge in [0.15, 0.2) is 0 Å². The van der Waals surface area contributed by atoms with E-state index in [0.29, 0.717) is 11.1 Å². The van der Waals surface area contributed by atoms with Gasteiger partial charge in [-0.2, -0.15) is 0 Å². The first-order chi connectivity index (χ1) is 28.8. The standard InChI is InChI=1S/2C20H12Br2O2.2C4H6N2.Zr/c21-13-3-5-15-11(9-13)1-7-17(23)19(15)20-16-6-4-14(22)10-12(16)2-8-18(20)24;21-13-5-11-1-3-15(23)9-17(11)19(7-13)20-8-14(22)6-12-2-4-16(24)10-18(12)20;2*1-6-3-2-5-4-6;/h2*1-10,23-24H;2*2-4H,1H3;. The van der Waals surface area contributed by atoms with Crippen molar-refractivity contribution >= 4 is 107 Å². The minimum Gasteiger partial charge on any atom is -0.508 e. The second-order valence-corrected chi connectivity index (χ2v) is 17.5. The maximum absolute atomic E-state index is 10.5. The van der Waals surface area contributed by atoms with Crippen LogP contribution in [0.2, 0.25) is 0 Å². The molecule has 8 nitrogen and oxygen atoms in total. The summed E-state index contributed by atoms with van der Waals surface area (Å²) in [6.45, 7) is 0. The quantitative estimate of drug-likeness (QED) is 0.137. The molecule has 0 unspecified atom stereocenters. The molecule has 0 aliphatic rings. The van der Waals surface area contributed by atoms with E-state index in [2.05, 4.69) is 73.7 Å². The summed E-state index contributed by atoms with van der Waals surface area (Å²) in [6, 6.07) is 37.7. The first kappa shape index (κ1) is 45.7. The van der Waals surface area contributed by atoms with Crippen molar-refractivity contribution in [2.24, 2.45) is 14.1 Å². The number of fused-ring (bicyclic) bond motifs is 4. The fraction of sp³-hybridized carbons (Fsp3) is 0.0417. The molecular formula is C48H36Br4N4O4Zr. The average molecular weight is 1140 g/mol. The molecule has 2 heterocycles. The largest absolute Gasteiger partial charge is 0.508 e. The van der Waals surface area contributed by atoms with Gasteiger partial charge in [0, 0.05) is 94.1 Å². The van der Waals surface area contributed by atoms with Gasteiger partial charge in [-0.25, -0.2) is 9.97 Å². The van der Waals surface area contributed by atoms with Crippen molar-refractivity contribution < 1.29 is 46.6 Å². The fourth-order valence-corrected chi connectivity index (χ4v) is 8.53. The van der Waals surface area contributed by atoms with Crippen LogP contribution in [0.4, 0.5) is 0 Å². The van der Waals surface area contributed by atoms with Crippen LogP contribution in [0.15, 0.2) is 177 Å². The maximum Gasteiger partial charge on any atom is 0.124 e. The molecule has 0 aliphatic heterocycles. The molecule has 2 aromatic heterocycles. The van der Waals surface area contributed by atoms with Gasteiger partial charge in [-0.05, 0) is 139 Å². The number of phenols is 4. The zero-order valence-corrected chi connectivity index (χ0v) is 41.4. The molecule has 10 rings (SSSR count). The number of hydrogen-bond acceptors (Lipinski definition) is 6. The van der Waals surface area contributed by atoms with Crippen molar-refractivity contribution in [3.05, 3.63) is 177 Å². The predicted molar refractivity (Wildman–Crippen MR) is 258 cm³/mol. The normalized spacial score (nSPS) is 10.6. The first-order valence-corrected chi connectivity index (χ1v) is 21.5. The van der Waals surface area contributed by atoms with Crippen LogP contribution in [-0.4, -0.2) is 39.5 Å². The van der Waals surface area contributed by atoms with Crippen LogP contribution < -0.4 is 0 Å². The molecule has 4 N–H and O–H groups in total. The van der Waals surface area contributed by atoms with Gasteiger partial charge in [0.1, 0.15) is 23.0 Å². The summed E-state index contributed by atoms with van der Waals surface area (Å²) in [5.74, 6) is 0.757. The summed E-state index contributed by atoms with van der Waals surface area (Å²) >= 11 is 14.1. The summed E-state index contributed by atoms with van der Waals surface area (Å²) in [7, 11) is 3.88. The van der Waals surface area contributed by atoms with Crippen LogP contribution in [0.25, 0.3) is 65.3 Å². The van der Waals surface area contributed by atoms with Crippen molar-refractivity contribution in [3.63, 3.8) is 0 Å². The molecule has 0 aliphatic carbocycles. The van der Waals surface area contributed by atoms with Crippen molar-refractivity contribution in [1.29, 1.82) is 0 Å². The number of hydrogen-bond donors (Lipinski definition) is 4. The Kier molecular flexibility index (Phi) is 15.3. The molecule has 8 aromatic carbocycles. The fourth-order valence-electron chi connectivity index (χ4n) is 6.82. The van der Waals surface area contributed by atoms with E-state index in [4.69, 9.17) is 0 Å². The molecular weight excluding hydrogens is 1110 g/mol. The first-order valence-electron chi connectivity index (χ1n) is 18.4. The zero-order valence-electron chi connectivity index (χ0n) is 32.6. The summed E-state index contributed by atoms with van der Waals surface area (Å²) in [5, 5.41) is 48.7. The second kappa shape index (κ2) is 20.4. The maximum atomic E-state index is 10.5. The summed E-state index contributed by atoms with van der Waals surface area (Å²) in [6.07, 6.45) is 10.8. The predicted octanol–water partition coefficient (Wildman–Crippen LogP) is 14.0. The third-order valence-corrected chi connectivity index (χ3v) is 11.4. The van der Waals surface area contributed by atoms with Crippen molar-refractivity contribution in [2.75, 3.05) is 0 Å². The number of aryl methyl sites for hydroxylation is 2. The van der Waals surface area contributed by atoms with Crippen LogP contribution in [-0.2, 0) is 40.3 Å². The molecule has 61 heavy (non-hydrogen) atoms. The molecule has 0 saturated heterocycles. The molecule has 0 radical (unpaired) electrons. The van der Waals surface area contributed by atoms with Gasteiger partial charge < -0.3 is 29.6 Å². The van der Waals surface area contributed by atoms with Crippen LogP contribution in [0.5, 0.6) is 23.0 Å². The average Bonchev–Trinajstić information content (AvgIpc) is 3.92. The number of rotatable bonds is 2. The van der Waals surface area contributed by atoms with E-state index in [1.54, 1.807) is 61.4 Å². The van der Waals surface area contributed by atoms with E-state index in [9.17, 15) is 20.4 Å². The molecule has 13 heteroatoms. The number of aromatic nitrogens is 4. The third-order valence-electron chi connectivity index (χ3n) is 9.54. The van der Waals surface area contributed by atoms with Crippen LogP contribution >= 0.6 is 63.7 Å². The smallest absolute Gasteiger partial charge is 0.124 e. The molecule has 0 saturated carbocycles. The van der Waals surface area contributed by atoms with E-state index in [0.717, 1.165) is 72.1 Å². The third kappa shape index (κ3) is 11.0. The van der Waals surface area contributed by atoms with E-state index in [-0.39, 0.29) is 49.2 Å². The van der Waals surface area contributed by atoms with Gasteiger partial charge in [-0.15, -0.1) is 0 Å². The molecule has 10 aromatic rings. The molecule has 0 atom stereocenters. The Morgan fingerprint density at radius 3 is 1.11 bits per heavy atom. The number of nitrogens with zero attached hydrogens (tertiary/aromatic N) is 4. The molecule has 0 bridgehead atoms. The second-order valence-electron chi connectivity index (χ2n) is 13.8. The molecule has 304 valence electrons. The van der Waals surface area contributed by atoms with Gasteiger partial charge in [0.05, 0.1) is 12.7 Å². The van der Waals surface area contributed by atoms with Crippen molar-refractivity contribution in [1.82, 2.24) is 19.1 Å². The molecule has 0 spiro atoms. The summed E-state index contributed by atoms with van der Waals surface area (Å²) < 4.78 is 7.64. The monoisotopic (exact) mass is 1140 g/mol. The number of benzene rings is 8. The Bertz CT molecular complexity index is 2920. The van der Waals surface area contributed by atoms with E-state index in [1.165, 1.54) is 0 Å². The molecule has 0 fully saturated rings. The van der Waals surface area contributed by atoms with Gasteiger partial charge >= 0.3 is 0 Å². The number of halogens is 4. The Labute approximate surface area is 404 Å². The molecule has 0 amide bonds. The zero-order chi connectivity index (χ0) is 42.5. The Balaban J connectivity index is 0.000000158. The Morgan fingerprint density at radius 2 is 0.770 bits per heavy atom. The number of phenolic OH excluding ortho intramolecular Hbond substituents is 4. The van der Waals surface area contributed by atoms with Crippen molar-refractivity contribution in [2.45, 2.75) is 0 Å². The summed E-state index contributed by atoms with van der Waals surface area (Å²) in [4.78, 5) is 7.57. The van der Waals surface area contributed by atoms with E-state index in [1.807, 2.05) is 121 Å². The summed E-state index contributed by atoms with van der Waals surface area (Å²) in [5.41, 5.74) is 3.27. The van der Waals surface area contributed by atoms with Gasteiger partial charge in [-0.3, -0.25) is 0 Å². The Hall–Kier alpha value is -4.78. The Morgan fingerprint density at radius 1 is 0.410 bits per heavy atom. The van der Waals surface area contributed by atoms with Gasteiger partial charge in [0.25, 0.3) is 0 Å². The number of aromatic hydroxyl groups is 4.